The smallest absolute Gasteiger partial charge is 0.412 e. The van der Waals surface area contributed by atoms with E-state index < -0.39 is 23.6 Å². The maximum Gasteiger partial charge on any atom is 0.412 e. The Bertz CT molecular complexity index is 634. The van der Waals surface area contributed by atoms with E-state index in [0.717, 1.165) is 0 Å². The van der Waals surface area contributed by atoms with Gasteiger partial charge in [0.25, 0.3) is 0 Å². The molecule has 1 fully saturated rings. The van der Waals surface area contributed by atoms with Crippen molar-refractivity contribution < 1.29 is 23.9 Å². The van der Waals surface area contributed by atoms with Crippen molar-refractivity contribution in [3.8, 4) is 0 Å². The minimum Gasteiger partial charge on any atom is -0.444 e. The highest BCUT2D eigenvalue weighted by atomic mass is 35.5. The number of cyclic esters (lactones) is 2. The fourth-order valence-corrected chi connectivity index (χ4v) is 2.60. The molecule has 1 aliphatic rings. The number of carbonyl (C=O) groups is 3. The standard InChI is InChI=1S/C16H18ClNO5/c1-16(2,3)23-15(21)18-10-4-5-11(12(17)8-10)9-6-13(19)22-14(20)7-9/h4-5,8-9H,6-7H2,1-3H3,(H,18,21). The normalized spacial score (nSPS) is 16.0. The second-order valence-corrected chi connectivity index (χ2v) is 6.72. The summed E-state index contributed by atoms with van der Waals surface area (Å²) in [6, 6.07) is 4.90. The third kappa shape index (κ3) is 4.96. The van der Waals surface area contributed by atoms with Gasteiger partial charge in [-0.3, -0.25) is 14.9 Å². The number of ether oxygens (including phenoxy) is 2. The molecule has 1 saturated heterocycles. The first-order valence-corrected chi connectivity index (χ1v) is 7.55. The van der Waals surface area contributed by atoms with Gasteiger partial charge in [0.2, 0.25) is 0 Å². The van der Waals surface area contributed by atoms with Gasteiger partial charge in [-0.05, 0) is 38.5 Å². The zero-order chi connectivity index (χ0) is 17.2. The Morgan fingerprint density at radius 2 is 1.87 bits per heavy atom. The molecule has 1 aliphatic heterocycles. The second-order valence-electron chi connectivity index (χ2n) is 6.31. The zero-order valence-corrected chi connectivity index (χ0v) is 13.9. The number of amides is 1. The highest BCUT2D eigenvalue weighted by molar-refractivity contribution is 6.31. The van der Waals surface area contributed by atoms with Crippen LogP contribution in [0.5, 0.6) is 0 Å². The van der Waals surface area contributed by atoms with Crippen LogP contribution in [0.4, 0.5) is 10.5 Å². The quantitative estimate of drug-likeness (QED) is 0.657. The fourth-order valence-electron chi connectivity index (χ4n) is 2.26. The number of halogens is 1. The van der Waals surface area contributed by atoms with E-state index in [1.165, 1.54) is 0 Å². The van der Waals surface area contributed by atoms with Gasteiger partial charge in [0.05, 0.1) is 12.8 Å². The van der Waals surface area contributed by atoms with E-state index in [2.05, 4.69) is 10.1 Å². The van der Waals surface area contributed by atoms with Crippen LogP contribution in [0.15, 0.2) is 18.2 Å². The predicted molar refractivity (Wildman–Crippen MR) is 84.4 cm³/mol. The summed E-state index contributed by atoms with van der Waals surface area (Å²) in [5.41, 5.74) is 0.542. The second kappa shape index (κ2) is 6.58. The lowest BCUT2D eigenvalue weighted by atomic mass is 9.91. The summed E-state index contributed by atoms with van der Waals surface area (Å²) in [5.74, 6) is -1.43. The minimum absolute atomic E-state index is 0.101. The molecule has 1 aromatic rings. The highest BCUT2D eigenvalue weighted by Gasteiger charge is 2.29. The molecule has 23 heavy (non-hydrogen) atoms. The third-order valence-electron chi connectivity index (χ3n) is 3.14. The topological polar surface area (TPSA) is 81.7 Å². The van der Waals surface area contributed by atoms with Gasteiger partial charge < -0.3 is 9.47 Å². The Balaban J connectivity index is 2.10. The number of rotatable bonds is 2. The van der Waals surface area contributed by atoms with Gasteiger partial charge in [-0.1, -0.05) is 17.7 Å². The van der Waals surface area contributed by atoms with Crippen LogP contribution in [0.3, 0.4) is 0 Å². The molecular formula is C16H18ClNO5. The average Bonchev–Trinajstić information content (AvgIpc) is 2.34. The van der Waals surface area contributed by atoms with Crippen LogP contribution >= 0.6 is 11.6 Å². The minimum atomic E-state index is -0.601. The Morgan fingerprint density at radius 3 is 2.39 bits per heavy atom. The van der Waals surface area contributed by atoms with Crippen molar-refractivity contribution in [2.75, 3.05) is 5.32 Å². The van der Waals surface area contributed by atoms with Crippen LogP contribution in [0.25, 0.3) is 0 Å². The van der Waals surface area contributed by atoms with Gasteiger partial charge in [-0.15, -0.1) is 0 Å². The SMILES string of the molecule is CC(C)(C)OC(=O)Nc1ccc(C2CC(=O)OC(=O)C2)c(Cl)c1. The van der Waals surface area contributed by atoms with Gasteiger partial charge in [-0.25, -0.2) is 4.79 Å². The van der Waals surface area contributed by atoms with E-state index in [1.54, 1.807) is 39.0 Å². The largest absolute Gasteiger partial charge is 0.444 e. The molecule has 0 aliphatic carbocycles. The summed E-state index contributed by atoms with van der Waals surface area (Å²) >= 11 is 6.22. The van der Waals surface area contributed by atoms with Gasteiger partial charge in [-0.2, -0.15) is 0 Å². The summed E-state index contributed by atoms with van der Waals surface area (Å²) < 4.78 is 9.66. The van der Waals surface area contributed by atoms with Crippen LogP contribution in [-0.4, -0.2) is 23.6 Å². The van der Waals surface area contributed by atoms with Gasteiger partial charge in [0, 0.05) is 16.6 Å². The van der Waals surface area contributed by atoms with Crippen molar-refractivity contribution in [1.29, 1.82) is 0 Å². The van der Waals surface area contributed by atoms with Crippen LogP contribution in [0, 0.1) is 0 Å². The Morgan fingerprint density at radius 1 is 1.26 bits per heavy atom. The van der Waals surface area contributed by atoms with Crippen molar-refractivity contribution in [2.24, 2.45) is 0 Å². The number of anilines is 1. The average molecular weight is 340 g/mol. The Kier molecular flexibility index (Phi) is 4.94. The first-order chi connectivity index (χ1) is 10.6. The zero-order valence-electron chi connectivity index (χ0n) is 13.1. The maximum atomic E-state index is 11.7. The number of benzene rings is 1. The molecule has 0 saturated carbocycles. The number of hydrogen-bond acceptors (Lipinski definition) is 5. The van der Waals surface area contributed by atoms with Gasteiger partial charge in [0.1, 0.15) is 5.60 Å². The molecule has 0 spiro atoms. The molecule has 2 rings (SSSR count). The molecule has 6 nitrogen and oxygen atoms in total. The van der Waals surface area contributed by atoms with Crippen LogP contribution < -0.4 is 5.32 Å². The molecule has 1 amide bonds. The molecule has 0 radical (unpaired) electrons. The number of nitrogens with one attached hydrogen (secondary N) is 1. The summed E-state index contributed by atoms with van der Waals surface area (Å²) in [6.45, 7) is 5.30. The lowest BCUT2D eigenvalue weighted by molar-refractivity contribution is -0.163. The number of esters is 2. The summed E-state index contributed by atoms with van der Waals surface area (Å²) in [5, 5.41) is 2.95. The molecular weight excluding hydrogens is 322 g/mol. The fraction of sp³-hybridized carbons (Fsp3) is 0.438. The molecule has 0 atom stereocenters. The van der Waals surface area contributed by atoms with Crippen LogP contribution in [-0.2, 0) is 19.1 Å². The monoisotopic (exact) mass is 339 g/mol. The van der Waals surface area contributed by atoms with E-state index in [-0.39, 0.29) is 18.8 Å². The summed E-state index contributed by atoms with van der Waals surface area (Å²) in [4.78, 5) is 34.4. The molecule has 1 heterocycles. The molecule has 0 aromatic heterocycles. The van der Waals surface area contributed by atoms with E-state index in [1.807, 2.05) is 0 Å². The van der Waals surface area contributed by atoms with Crippen molar-refractivity contribution in [3.05, 3.63) is 28.8 Å². The predicted octanol–water partition coefficient (Wildman–Crippen LogP) is 3.63. The first-order valence-electron chi connectivity index (χ1n) is 7.17. The van der Waals surface area contributed by atoms with Crippen molar-refractivity contribution in [2.45, 2.75) is 45.1 Å². The van der Waals surface area contributed by atoms with E-state index in [0.29, 0.717) is 16.3 Å². The van der Waals surface area contributed by atoms with Gasteiger partial charge >= 0.3 is 18.0 Å². The summed E-state index contributed by atoms with van der Waals surface area (Å²) in [7, 11) is 0. The van der Waals surface area contributed by atoms with Crippen molar-refractivity contribution in [1.82, 2.24) is 0 Å². The summed E-state index contributed by atoms with van der Waals surface area (Å²) in [6.07, 6.45) is -0.382. The van der Waals surface area contributed by atoms with Crippen molar-refractivity contribution >= 4 is 35.3 Å². The van der Waals surface area contributed by atoms with Crippen LogP contribution in [0.2, 0.25) is 5.02 Å². The van der Waals surface area contributed by atoms with E-state index >= 15 is 0 Å². The van der Waals surface area contributed by atoms with E-state index in [4.69, 9.17) is 16.3 Å². The molecule has 0 bridgehead atoms. The first kappa shape index (κ1) is 17.3. The third-order valence-corrected chi connectivity index (χ3v) is 3.47. The lowest BCUT2D eigenvalue weighted by Gasteiger charge is -2.22. The van der Waals surface area contributed by atoms with E-state index in [9.17, 15) is 14.4 Å². The van der Waals surface area contributed by atoms with Crippen molar-refractivity contribution in [3.63, 3.8) is 0 Å². The van der Waals surface area contributed by atoms with Crippen LogP contribution in [0.1, 0.15) is 45.1 Å². The number of hydrogen-bond donors (Lipinski definition) is 1. The number of carbonyl (C=O) groups excluding carboxylic acids is 3. The molecule has 1 aromatic carbocycles. The molecule has 124 valence electrons. The van der Waals surface area contributed by atoms with Gasteiger partial charge in [0.15, 0.2) is 0 Å². The maximum absolute atomic E-state index is 11.7. The highest BCUT2D eigenvalue weighted by Crippen LogP contribution is 2.34. The lowest BCUT2D eigenvalue weighted by Crippen LogP contribution is -2.27. The Hall–Kier alpha value is -2.08. The molecule has 7 heteroatoms. The Labute approximate surface area is 139 Å². The molecule has 0 unspecified atom stereocenters. The molecule has 1 N–H and O–H groups in total.